The van der Waals surface area contributed by atoms with Crippen molar-refractivity contribution in [1.82, 2.24) is 4.72 Å². The van der Waals surface area contributed by atoms with Gasteiger partial charge in [-0.15, -0.1) is 0 Å². The van der Waals surface area contributed by atoms with Gasteiger partial charge in [0.15, 0.2) is 11.6 Å². The number of rotatable bonds is 9. The fourth-order valence-electron chi connectivity index (χ4n) is 4.50. The minimum absolute atomic E-state index is 0.0515. The second kappa shape index (κ2) is 11.0. The number of ether oxygens (including phenoxy) is 2. The van der Waals surface area contributed by atoms with E-state index in [1.165, 1.54) is 37.3 Å². The standard InChI is InChI=1S/C30H26N2O8S/c1-30(29(36)39-18-19-7-3-2-4-8-19,32-41(37,38)23-13-11-20-9-5-6-10-21(20)15-23)22-12-14-25-24(16-22)31-28(35)26(40-25)17-27(33)34/h2-16,26,32H,17-18H2,1H3,(H,31,35)(H,33,34)/t26?,30-/m0/s1. The highest BCUT2D eigenvalue weighted by Crippen LogP contribution is 2.36. The first-order valence-electron chi connectivity index (χ1n) is 12.6. The summed E-state index contributed by atoms with van der Waals surface area (Å²) in [5, 5.41) is 13.2. The molecule has 1 aliphatic rings. The molecule has 4 aromatic carbocycles. The Morgan fingerprint density at radius 2 is 1.68 bits per heavy atom. The van der Waals surface area contributed by atoms with E-state index in [0.29, 0.717) is 10.9 Å². The number of aliphatic carboxylic acids is 1. The molecule has 4 aromatic rings. The maximum Gasteiger partial charge on any atom is 0.332 e. The Labute approximate surface area is 236 Å². The maximum absolute atomic E-state index is 13.7. The van der Waals surface area contributed by atoms with Gasteiger partial charge in [0.25, 0.3) is 5.91 Å². The predicted octanol–water partition coefficient (Wildman–Crippen LogP) is 3.95. The normalized spacial score (nSPS) is 16.1. The van der Waals surface area contributed by atoms with Crippen LogP contribution in [0.5, 0.6) is 5.75 Å². The molecule has 1 heterocycles. The number of carbonyl (C=O) groups excluding carboxylic acids is 2. The van der Waals surface area contributed by atoms with Crippen molar-refractivity contribution in [2.75, 3.05) is 5.32 Å². The van der Waals surface area contributed by atoms with Crippen LogP contribution in [-0.4, -0.2) is 37.5 Å². The van der Waals surface area contributed by atoms with Crippen LogP contribution in [0.4, 0.5) is 5.69 Å². The minimum Gasteiger partial charge on any atom is -0.481 e. The van der Waals surface area contributed by atoms with Crippen molar-refractivity contribution in [1.29, 1.82) is 0 Å². The predicted molar refractivity (Wildman–Crippen MR) is 150 cm³/mol. The van der Waals surface area contributed by atoms with E-state index >= 15 is 0 Å². The number of carboxylic acid groups (broad SMARTS) is 1. The van der Waals surface area contributed by atoms with Crippen LogP contribution in [0.15, 0.2) is 95.9 Å². The van der Waals surface area contributed by atoms with Gasteiger partial charge >= 0.3 is 11.9 Å². The summed E-state index contributed by atoms with van der Waals surface area (Å²) in [6.45, 7) is 1.27. The first-order chi connectivity index (χ1) is 19.5. The number of carbonyl (C=O) groups is 3. The Kier molecular flexibility index (Phi) is 7.48. The van der Waals surface area contributed by atoms with Crippen LogP contribution in [0.3, 0.4) is 0 Å². The summed E-state index contributed by atoms with van der Waals surface area (Å²) < 4.78 is 41.0. The summed E-state index contributed by atoms with van der Waals surface area (Å²) in [5.74, 6) is -2.58. The van der Waals surface area contributed by atoms with Crippen molar-refractivity contribution >= 4 is 44.3 Å². The van der Waals surface area contributed by atoms with Gasteiger partial charge in [0.2, 0.25) is 10.0 Å². The largest absolute Gasteiger partial charge is 0.481 e. The fraction of sp³-hybridized carbons (Fsp3) is 0.167. The van der Waals surface area contributed by atoms with E-state index < -0.39 is 45.9 Å². The van der Waals surface area contributed by atoms with Gasteiger partial charge in [0.05, 0.1) is 17.0 Å². The Hall–Kier alpha value is -4.74. The van der Waals surface area contributed by atoms with Crippen LogP contribution in [-0.2, 0) is 41.3 Å². The van der Waals surface area contributed by atoms with Crippen molar-refractivity contribution in [3.63, 3.8) is 0 Å². The molecule has 3 N–H and O–H groups in total. The third-order valence-electron chi connectivity index (χ3n) is 6.73. The Balaban J connectivity index is 1.51. The van der Waals surface area contributed by atoms with E-state index in [-0.39, 0.29) is 28.5 Å². The molecule has 41 heavy (non-hydrogen) atoms. The van der Waals surface area contributed by atoms with Crippen LogP contribution < -0.4 is 14.8 Å². The van der Waals surface area contributed by atoms with E-state index in [0.717, 1.165) is 5.39 Å². The molecule has 1 unspecified atom stereocenters. The molecule has 11 heteroatoms. The molecule has 0 saturated carbocycles. The number of fused-ring (bicyclic) bond motifs is 2. The topological polar surface area (TPSA) is 148 Å². The zero-order valence-corrected chi connectivity index (χ0v) is 22.7. The molecule has 1 amide bonds. The average molecular weight is 575 g/mol. The number of sulfonamides is 1. The van der Waals surface area contributed by atoms with Crippen LogP contribution in [0.1, 0.15) is 24.5 Å². The maximum atomic E-state index is 13.7. The Morgan fingerprint density at radius 3 is 2.41 bits per heavy atom. The third-order valence-corrected chi connectivity index (χ3v) is 8.28. The Morgan fingerprint density at radius 1 is 0.976 bits per heavy atom. The zero-order chi connectivity index (χ0) is 29.2. The molecule has 1 aliphatic heterocycles. The molecule has 0 aliphatic carbocycles. The molecule has 5 rings (SSSR count). The molecule has 10 nitrogen and oxygen atoms in total. The summed E-state index contributed by atoms with van der Waals surface area (Å²) >= 11 is 0. The molecule has 0 fully saturated rings. The van der Waals surface area contributed by atoms with E-state index in [1.54, 1.807) is 42.5 Å². The van der Waals surface area contributed by atoms with E-state index in [2.05, 4.69) is 10.0 Å². The molecular weight excluding hydrogens is 548 g/mol. The average Bonchev–Trinajstić information content (AvgIpc) is 2.95. The number of benzene rings is 4. The molecule has 0 spiro atoms. The second-order valence-corrected chi connectivity index (χ2v) is 11.4. The highest BCUT2D eigenvalue weighted by atomic mass is 32.2. The lowest BCUT2D eigenvalue weighted by molar-refractivity contribution is -0.152. The number of esters is 1. The van der Waals surface area contributed by atoms with Crippen LogP contribution in [0.25, 0.3) is 10.8 Å². The number of hydrogen-bond donors (Lipinski definition) is 3. The van der Waals surface area contributed by atoms with Gasteiger partial charge in [-0.05, 0) is 53.1 Å². The van der Waals surface area contributed by atoms with Gasteiger partial charge in [0, 0.05) is 0 Å². The third kappa shape index (κ3) is 5.91. The second-order valence-electron chi connectivity index (χ2n) is 9.71. The fourth-order valence-corrected chi connectivity index (χ4v) is 5.89. The lowest BCUT2D eigenvalue weighted by atomic mass is 9.92. The first kappa shape index (κ1) is 27.8. The summed E-state index contributed by atoms with van der Waals surface area (Å²) in [4.78, 5) is 37.1. The van der Waals surface area contributed by atoms with Crippen molar-refractivity contribution in [3.8, 4) is 5.75 Å². The van der Waals surface area contributed by atoms with Crippen LogP contribution in [0.2, 0.25) is 0 Å². The van der Waals surface area contributed by atoms with Gasteiger partial charge in [-0.2, -0.15) is 4.72 Å². The van der Waals surface area contributed by atoms with Crippen molar-refractivity contribution in [3.05, 3.63) is 102 Å². The van der Waals surface area contributed by atoms with Gasteiger partial charge in [-0.3, -0.25) is 9.59 Å². The number of hydrogen-bond acceptors (Lipinski definition) is 7. The minimum atomic E-state index is -4.27. The molecule has 2 atom stereocenters. The van der Waals surface area contributed by atoms with Crippen molar-refractivity contribution in [2.24, 2.45) is 0 Å². The SMILES string of the molecule is C[C@@](NS(=O)(=O)c1ccc2ccccc2c1)(C(=O)OCc1ccccc1)c1ccc2c(c1)NC(=O)C(CC(=O)O)O2. The molecular formula is C30H26N2O8S. The molecule has 210 valence electrons. The van der Waals surface area contributed by atoms with Gasteiger partial charge in [0.1, 0.15) is 12.4 Å². The van der Waals surface area contributed by atoms with Gasteiger partial charge < -0.3 is 19.9 Å². The van der Waals surface area contributed by atoms with Crippen molar-refractivity contribution in [2.45, 2.75) is 36.5 Å². The Bertz CT molecular complexity index is 1760. The van der Waals surface area contributed by atoms with E-state index in [1.807, 2.05) is 18.2 Å². The highest BCUT2D eigenvalue weighted by Gasteiger charge is 2.42. The molecule has 0 aromatic heterocycles. The zero-order valence-electron chi connectivity index (χ0n) is 21.9. The smallest absolute Gasteiger partial charge is 0.332 e. The summed E-state index contributed by atoms with van der Waals surface area (Å²) in [6, 6.07) is 25.1. The van der Waals surface area contributed by atoms with Crippen LogP contribution >= 0.6 is 0 Å². The van der Waals surface area contributed by atoms with Crippen molar-refractivity contribution < 1.29 is 37.4 Å². The molecule has 0 saturated heterocycles. The highest BCUT2D eigenvalue weighted by molar-refractivity contribution is 7.89. The summed E-state index contributed by atoms with van der Waals surface area (Å²) in [6.07, 6.45) is -1.78. The van der Waals surface area contributed by atoms with Crippen LogP contribution in [0, 0.1) is 0 Å². The lowest BCUT2D eigenvalue weighted by Crippen LogP contribution is -2.50. The monoisotopic (exact) mass is 574 g/mol. The number of nitrogens with one attached hydrogen (secondary N) is 2. The van der Waals surface area contributed by atoms with E-state index in [9.17, 15) is 22.8 Å². The number of anilines is 1. The summed E-state index contributed by atoms with van der Waals surface area (Å²) in [7, 11) is -4.27. The lowest BCUT2D eigenvalue weighted by Gasteiger charge is -2.31. The quantitative estimate of drug-likeness (QED) is 0.255. The number of carboxylic acids is 1. The van der Waals surface area contributed by atoms with Gasteiger partial charge in [-0.1, -0.05) is 66.7 Å². The molecule has 0 bridgehead atoms. The number of amides is 1. The summed E-state index contributed by atoms with van der Waals surface area (Å²) in [5.41, 5.74) is -0.909. The van der Waals surface area contributed by atoms with Gasteiger partial charge in [-0.25, -0.2) is 13.2 Å². The first-order valence-corrected chi connectivity index (χ1v) is 14.1. The van der Waals surface area contributed by atoms with E-state index in [4.69, 9.17) is 14.6 Å². The molecule has 0 radical (unpaired) electrons.